The first-order valence-electron chi connectivity index (χ1n) is 5.60. The Morgan fingerprint density at radius 3 is 2.31 bits per heavy atom. The SMILES string of the molecule is CCCCCCCC(=O)N[C@@H](C)C(=O)O.[H-].[Na+]. The van der Waals surface area contributed by atoms with Crippen LogP contribution in [0.3, 0.4) is 0 Å². The van der Waals surface area contributed by atoms with Crippen molar-refractivity contribution < 1.29 is 45.7 Å². The third-order valence-corrected chi connectivity index (χ3v) is 2.26. The van der Waals surface area contributed by atoms with Crippen LogP contribution in [0, 0.1) is 0 Å². The van der Waals surface area contributed by atoms with Gasteiger partial charge in [-0.25, -0.2) is 0 Å². The van der Waals surface area contributed by atoms with Crippen molar-refractivity contribution in [1.29, 1.82) is 0 Å². The van der Waals surface area contributed by atoms with Crippen molar-refractivity contribution >= 4 is 11.9 Å². The van der Waals surface area contributed by atoms with E-state index < -0.39 is 12.0 Å². The molecule has 2 N–H and O–H groups in total. The van der Waals surface area contributed by atoms with E-state index in [9.17, 15) is 9.59 Å². The molecule has 1 atom stereocenters. The minimum absolute atomic E-state index is 0. The monoisotopic (exact) mass is 239 g/mol. The first-order chi connectivity index (χ1) is 7.07. The molecule has 0 heterocycles. The van der Waals surface area contributed by atoms with Gasteiger partial charge >= 0.3 is 35.5 Å². The van der Waals surface area contributed by atoms with Gasteiger partial charge in [-0.15, -0.1) is 0 Å². The maximum absolute atomic E-state index is 11.2. The average molecular weight is 239 g/mol. The molecule has 5 heteroatoms. The van der Waals surface area contributed by atoms with E-state index in [1.54, 1.807) is 0 Å². The van der Waals surface area contributed by atoms with Crippen LogP contribution in [-0.4, -0.2) is 23.0 Å². The van der Waals surface area contributed by atoms with E-state index in [0.29, 0.717) is 6.42 Å². The number of rotatable bonds is 8. The Morgan fingerprint density at radius 1 is 1.25 bits per heavy atom. The van der Waals surface area contributed by atoms with Crippen molar-refractivity contribution in [1.82, 2.24) is 5.32 Å². The van der Waals surface area contributed by atoms with E-state index in [2.05, 4.69) is 12.2 Å². The minimum atomic E-state index is -0.991. The van der Waals surface area contributed by atoms with E-state index in [1.165, 1.54) is 19.8 Å². The van der Waals surface area contributed by atoms with Crippen molar-refractivity contribution in [2.45, 2.75) is 58.4 Å². The van der Waals surface area contributed by atoms with Crippen LogP contribution in [0.5, 0.6) is 0 Å². The molecular formula is C11H22NNaO3. The minimum Gasteiger partial charge on any atom is -1.00 e. The zero-order chi connectivity index (χ0) is 11.7. The fraction of sp³-hybridized carbons (Fsp3) is 0.818. The number of aliphatic carboxylic acids is 1. The number of hydrogen-bond donors (Lipinski definition) is 2. The fourth-order valence-electron chi connectivity index (χ4n) is 1.26. The second kappa shape index (κ2) is 11.4. The summed E-state index contributed by atoms with van der Waals surface area (Å²) in [5.74, 6) is -1.16. The van der Waals surface area contributed by atoms with Crippen molar-refractivity contribution in [3.63, 3.8) is 0 Å². The van der Waals surface area contributed by atoms with E-state index in [-0.39, 0.29) is 36.9 Å². The predicted octanol–water partition coefficient (Wildman–Crippen LogP) is -0.947. The molecule has 90 valence electrons. The molecule has 0 aromatic heterocycles. The first-order valence-corrected chi connectivity index (χ1v) is 5.60. The quantitative estimate of drug-likeness (QED) is 0.424. The van der Waals surface area contributed by atoms with Crippen molar-refractivity contribution in [2.24, 2.45) is 0 Å². The molecule has 0 aliphatic carbocycles. The Hall–Kier alpha value is -0.0600. The molecule has 1 amide bonds. The number of carboxylic acids is 1. The van der Waals surface area contributed by atoms with Crippen molar-refractivity contribution in [2.75, 3.05) is 0 Å². The first kappa shape index (κ1) is 18.3. The third kappa shape index (κ3) is 10.5. The molecule has 0 saturated carbocycles. The Morgan fingerprint density at radius 2 is 1.81 bits per heavy atom. The Balaban J connectivity index is -0.000000980. The second-order valence-electron chi connectivity index (χ2n) is 3.79. The number of amides is 1. The van der Waals surface area contributed by atoms with Gasteiger partial charge in [-0.2, -0.15) is 0 Å². The molecule has 0 saturated heterocycles. The van der Waals surface area contributed by atoms with Gasteiger partial charge in [-0.05, 0) is 13.3 Å². The Labute approximate surface area is 121 Å². The summed E-state index contributed by atoms with van der Waals surface area (Å²) in [5, 5.41) is 11.0. The van der Waals surface area contributed by atoms with Crippen molar-refractivity contribution in [3.8, 4) is 0 Å². The zero-order valence-electron chi connectivity index (χ0n) is 11.6. The van der Waals surface area contributed by atoms with Crippen LogP contribution in [0.25, 0.3) is 0 Å². The summed E-state index contributed by atoms with van der Waals surface area (Å²) in [4.78, 5) is 21.7. The molecule has 0 aliphatic heterocycles. The van der Waals surface area contributed by atoms with Gasteiger partial charge in [0.2, 0.25) is 5.91 Å². The van der Waals surface area contributed by atoms with E-state index in [4.69, 9.17) is 5.11 Å². The number of carbonyl (C=O) groups is 2. The molecule has 0 aliphatic rings. The summed E-state index contributed by atoms with van der Waals surface area (Å²) in [6, 6.07) is -0.784. The average Bonchev–Trinajstić information content (AvgIpc) is 2.17. The summed E-state index contributed by atoms with van der Waals surface area (Å²) < 4.78 is 0. The van der Waals surface area contributed by atoms with Gasteiger partial charge in [-0.3, -0.25) is 9.59 Å². The van der Waals surface area contributed by atoms with E-state index in [0.717, 1.165) is 19.3 Å². The Bertz CT molecular complexity index is 215. The number of unbranched alkanes of at least 4 members (excludes halogenated alkanes) is 4. The summed E-state index contributed by atoms with van der Waals surface area (Å²) in [5.41, 5.74) is 0. The van der Waals surface area contributed by atoms with Crippen LogP contribution in [-0.2, 0) is 9.59 Å². The smallest absolute Gasteiger partial charge is 1.00 e. The van der Waals surface area contributed by atoms with Crippen LogP contribution in [0.15, 0.2) is 0 Å². The maximum Gasteiger partial charge on any atom is 1.00 e. The van der Waals surface area contributed by atoms with Gasteiger partial charge in [0.15, 0.2) is 0 Å². The van der Waals surface area contributed by atoms with Crippen LogP contribution in [0.2, 0.25) is 0 Å². The second-order valence-corrected chi connectivity index (χ2v) is 3.79. The molecule has 0 aromatic rings. The molecule has 4 nitrogen and oxygen atoms in total. The topological polar surface area (TPSA) is 66.4 Å². The number of nitrogens with one attached hydrogen (secondary N) is 1. The molecule has 0 unspecified atom stereocenters. The van der Waals surface area contributed by atoms with Crippen LogP contribution >= 0.6 is 0 Å². The normalized spacial score (nSPS) is 11.4. The number of carboxylic acid groups (broad SMARTS) is 1. The summed E-state index contributed by atoms with van der Waals surface area (Å²) in [6.45, 7) is 3.61. The van der Waals surface area contributed by atoms with Crippen LogP contribution in [0.1, 0.15) is 53.8 Å². The third-order valence-electron chi connectivity index (χ3n) is 2.26. The summed E-state index contributed by atoms with van der Waals surface area (Å²) in [6.07, 6.45) is 5.86. The molecule has 0 bridgehead atoms. The van der Waals surface area contributed by atoms with Gasteiger partial charge in [0.25, 0.3) is 0 Å². The van der Waals surface area contributed by atoms with E-state index >= 15 is 0 Å². The predicted molar refractivity (Wildman–Crippen MR) is 59.7 cm³/mol. The van der Waals surface area contributed by atoms with Gasteiger partial charge in [-0.1, -0.05) is 32.6 Å². The number of hydrogen-bond acceptors (Lipinski definition) is 2. The fourth-order valence-corrected chi connectivity index (χ4v) is 1.26. The molecular weight excluding hydrogens is 217 g/mol. The molecule has 0 rings (SSSR count). The Kier molecular flexibility index (Phi) is 13.1. The summed E-state index contributed by atoms with van der Waals surface area (Å²) in [7, 11) is 0. The van der Waals surface area contributed by atoms with Gasteiger partial charge < -0.3 is 11.8 Å². The molecule has 0 fully saturated rings. The van der Waals surface area contributed by atoms with Gasteiger partial charge in [0, 0.05) is 6.42 Å². The molecule has 0 spiro atoms. The van der Waals surface area contributed by atoms with Gasteiger partial charge in [0.05, 0.1) is 0 Å². The largest absolute Gasteiger partial charge is 1.00 e. The van der Waals surface area contributed by atoms with Crippen LogP contribution < -0.4 is 34.9 Å². The zero-order valence-corrected chi connectivity index (χ0v) is 12.6. The maximum atomic E-state index is 11.2. The summed E-state index contributed by atoms with van der Waals surface area (Å²) >= 11 is 0. The standard InChI is InChI=1S/C11H21NO3.Na.H/c1-3-4-5-6-7-8-10(13)12-9(2)11(14)15;;/h9H,3-8H2,1-2H3,(H,12,13)(H,14,15);;/q;+1;-1/t9-;;/m0../s1. The number of carbonyl (C=O) groups excluding carboxylic acids is 1. The van der Waals surface area contributed by atoms with E-state index in [1.807, 2.05) is 0 Å². The van der Waals surface area contributed by atoms with Gasteiger partial charge in [0.1, 0.15) is 6.04 Å². The molecule has 0 radical (unpaired) electrons. The molecule has 0 aromatic carbocycles. The van der Waals surface area contributed by atoms with Crippen LogP contribution in [0.4, 0.5) is 0 Å². The van der Waals surface area contributed by atoms with Crippen molar-refractivity contribution in [3.05, 3.63) is 0 Å². The molecule has 16 heavy (non-hydrogen) atoms.